The van der Waals surface area contributed by atoms with E-state index in [-0.39, 0.29) is 5.41 Å². The summed E-state index contributed by atoms with van der Waals surface area (Å²) in [6.07, 6.45) is 31.4. The lowest BCUT2D eigenvalue weighted by Crippen LogP contribution is -2.40. The molecule has 38 atom stereocenters. The quantitative estimate of drug-likeness (QED) is 0.0626. The highest BCUT2D eigenvalue weighted by Crippen LogP contribution is 2.63. The highest BCUT2D eigenvalue weighted by Gasteiger charge is 2.58. The highest BCUT2D eigenvalue weighted by atomic mass is 28.2. The molecule has 25 aliphatic rings. The Bertz CT molecular complexity index is 3470. The van der Waals surface area contributed by atoms with Crippen molar-refractivity contribution in [2.75, 3.05) is 198 Å². The molecule has 1 aromatic carbocycles. The molecule has 26 nitrogen and oxygen atoms in total. The van der Waals surface area contributed by atoms with Gasteiger partial charge in [-0.2, -0.15) is 0 Å². The van der Waals surface area contributed by atoms with E-state index in [0.29, 0.717) is 152 Å². The van der Waals surface area contributed by atoms with Gasteiger partial charge in [-0.1, -0.05) is 47.6 Å². The van der Waals surface area contributed by atoms with Crippen LogP contribution in [-0.4, -0.2) is 408 Å². The van der Waals surface area contributed by atoms with E-state index in [1.54, 1.807) is 0 Å². The monoisotopic (exact) mass is 1930 g/mol. The number of fused-ring (bicyclic) bond motifs is 14. The Hall–Kier alpha value is -0.245. The average Bonchev–Trinajstić information content (AvgIpc) is 1.62. The van der Waals surface area contributed by atoms with Crippen LogP contribution in [-0.2, 0) is 125 Å². The predicted molar refractivity (Wildman–Crippen MR) is 508 cm³/mol. The molecular weight excluding hydrogens is 1770 g/mol. The van der Waals surface area contributed by atoms with Gasteiger partial charge in [0.05, 0.1) is 253 Å². The zero-order valence-electron chi connectivity index (χ0n) is 78.8. The highest BCUT2D eigenvalue weighted by molar-refractivity contribution is 6.14. The Labute approximate surface area is 786 Å². The zero-order valence-corrected chi connectivity index (χ0v) is 94.8. The van der Waals surface area contributed by atoms with Crippen LogP contribution < -0.4 is 4.74 Å². The van der Waals surface area contributed by atoms with Crippen LogP contribution in [0, 0.1) is 70.0 Å². The molecule has 6 saturated carbocycles. The molecule has 6 aliphatic carbocycles. The summed E-state index contributed by atoms with van der Waals surface area (Å²) in [5.41, 5.74) is 8.48. The standard InChI is InChI=1S/3C15H26O4Si.C11H16O2Si.2C10H18O3Si.2C9H16O3Si/c20-14-2-11-1-10(14)3-15(11,8-16-4-12-6-18-12)9-17-5-13-7-19-13;20-14-2-10-1-13(14)15(3-10,8-16-4-11-6-18-11)9-17-5-12-7-19-12;20-15-2-9-1-12(15)14(8-17-4-11-6-19-11)13(9)7-16-3-10-5-18-10;14-6-5-9-1-3-10(4-2-9)12-7-11-8-13-11;14-10-2-8-6(1-9(10)13-8)3-11-4-7-5-12-7;14-9-2-7-1-6(10(9)13-7)3-11-4-8-5-12-8;13-9-2-7-6(1-8(9)12-7)11-4-5-3-10-5;13-8-2-5-1-7(9(8)12-5)11-4-6-3-10-6/h2*10-14H,1-9H2,20H3;9-15H,1-8H2,20H3;1-4,11H,5-8H2,14H3;2*6-10H,1-5H2,14H3;2*5-9H,1-4H2,13H3. The fourth-order valence-electron chi connectivity index (χ4n) is 25.2. The molecule has 19 saturated heterocycles. The summed E-state index contributed by atoms with van der Waals surface area (Å²) in [4.78, 5) is 0. The van der Waals surface area contributed by atoms with Crippen molar-refractivity contribution in [1.82, 2.24) is 0 Å². The van der Waals surface area contributed by atoms with Gasteiger partial charge >= 0.3 is 0 Å². The summed E-state index contributed by atoms with van der Waals surface area (Å²) in [6.45, 7) is 25.4. The van der Waals surface area contributed by atoms with Gasteiger partial charge in [0, 0.05) is 117 Å². The van der Waals surface area contributed by atoms with Gasteiger partial charge in [0.25, 0.3) is 0 Å². The summed E-state index contributed by atoms with van der Waals surface area (Å²) < 4.78 is 145. The third-order valence-corrected chi connectivity index (χ3v) is 42.6. The molecule has 14 bridgehead atoms. The Balaban J connectivity index is 0.0000000958. The minimum absolute atomic E-state index is 0.287. The van der Waals surface area contributed by atoms with Gasteiger partial charge < -0.3 is 123 Å². The smallest absolute Gasteiger partial charge is 0.119 e. The molecule has 38 unspecified atom stereocenters. The summed E-state index contributed by atoms with van der Waals surface area (Å²) in [5, 5.41) is 0. The molecule has 0 radical (unpaired) electrons. The van der Waals surface area contributed by atoms with Crippen LogP contribution in [0.5, 0.6) is 5.75 Å². The number of hydrogen-bond acceptors (Lipinski definition) is 26. The van der Waals surface area contributed by atoms with Gasteiger partial charge in [-0.15, -0.1) is 0 Å². The van der Waals surface area contributed by atoms with Crippen molar-refractivity contribution >= 4 is 81.9 Å². The van der Waals surface area contributed by atoms with E-state index in [1.165, 1.54) is 190 Å². The van der Waals surface area contributed by atoms with Crippen LogP contribution in [0.4, 0.5) is 0 Å². The molecule has 26 rings (SSSR count). The van der Waals surface area contributed by atoms with Gasteiger partial charge in [-0.25, -0.2) is 0 Å². The van der Waals surface area contributed by atoms with E-state index < -0.39 is 0 Å². The first-order valence-corrected chi connectivity index (χ1v) is 61.0. The maximum Gasteiger partial charge on any atom is 0.119 e. The molecule has 0 aromatic heterocycles. The number of hydrogen-bond donors (Lipinski definition) is 0. The lowest BCUT2D eigenvalue weighted by molar-refractivity contribution is -0.0569. The molecule has 19 heterocycles. The SMILES string of the molecule is [SiH3]C1CC2CC(COCC3CO3)C1O2.[SiH3]C1CC2CC(OCC3CO3)C1O2.[SiH3]C1CC2CC1C(COCC1CO1)(COCC1CO1)C2.[SiH3]C1CC2CC1C(COCC1CO1)C2COCC1CO1.[SiH3]C1CC2CC1CC2(COCC1CO1)COCC1CO1.[SiH3]C1CC2OC1CC2COCC1CO1.[SiH3]C1CC2OC1CC2OCC1CO1.[SiH3]CCc1ccc(OCC2CO2)cc1. The fourth-order valence-corrected chi connectivity index (χ4v) is 34.0. The second-order valence-corrected chi connectivity index (χ2v) is 55.9. The molecule has 0 N–H and O–H groups in total. The fraction of sp³-hybridized carbons (Fsp3) is 0.936. The van der Waals surface area contributed by atoms with Crippen molar-refractivity contribution in [3.63, 3.8) is 0 Å². The Kier molecular flexibility index (Phi) is 34.4. The molecule has 0 spiro atoms. The minimum atomic E-state index is 0.287. The molecule has 34 heteroatoms. The first-order valence-electron chi connectivity index (χ1n) is 51.5. The number of benzene rings is 1. The largest absolute Gasteiger partial charge is 0.491 e. The van der Waals surface area contributed by atoms with Crippen LogP contribution in [0.15, 0.2) is 24.3 Å². The number of aryl methyl sites for hydroxylation is 1. The van der Waals surface area contributed by atoms with Gasteiger partial charge in [0.2, 0.25) is 0 Å². The van der Waals surface area contributed by atoms with Gasteiger partial charge in [-0.3, -0.25) is 0 Å². The van der Waals surface area contributed by atoms with Crippen LogP contribution >= 0.6 is 0 Å². The number of rotatable bonds is 43. The summed E-state index contributed by atoms with van der Waals surface area (Å²) in [7, 11) is 10.4. The summed E-state index contributed by atoms with van der Waals surface area (Å²) >= 11 is 0. The Morgan fingerprint density at radius 2 is 0.773 bits per heavy atom. The minimum Gasteiger partial charge on any atom is -0.491 e. The molecule has 726 valence electrons. The van der Waals surface area contributed by atoms with E-state index in [9.17, 15) is 0 Å². The van der Waals surface area contributed by atoms with Gasteiger partial charge in [0.1, 0.15) is 79.5 Å². The molecule has 128 heavy (non-hydrogen) atoms. The number of epoxide rings is 11. The van der Waals surface area contributed by atoms with Crippen molar-refractivity contribution in [2.24, 2.45) is 70.0 Å². The second-order valence-electron chi connectivity index (χ2n) is 44.5. The second kappa shape index (κ2) is 45.6. The van der Waals surface area contributed by atoms with E-state index in [0.717, 1.165) is 296 Å². The molecule has 0 amide bonds. The first-order chi connectivity index (χ1) is 62.5. The van der Waals surface area contributed by atoms with Crippen LogP contribution in [0.25, 0.3) is 0 Å². The topological polar surface area (TPSA) is 276 Å². The summed E-state index contributed by atoms with van der Waals surface area (Å²) in [5.74, 6) is 9.13. The van der Waals surface area contributed by atoms with E-state index in [2.05, 4.69) is 24.3 Å². The molecule has 25 fully saturated rings. The third kappa shape index (κ3) is 28.3. The van der Waals surface area contributed by atoms with E-state index >= 15 is 0 Å². The Morgan fingerprint density at radius 3 is 1.21 bits per heavy atom. The molecular formula is C94H162O26Si8. The van der Waals surface area contributed by atoms with Crippen molar-refractivity contribution in [1.29, 1.82) is 0 Å². The van der Waals surface area contributed by atoms with Gasteiger partial charge in [-0.05, 0) is 171 Å². The van der Waals surface area contributed by atoms with Gasteiger partial charge in [0.15, 0.2) is 0 Å². The van der Waals surface area contributed by atoms with Crippen molar-refractivity contribution in [3.05, 3.63) is 29.8 Å². The lowest BCUT2D eigenvalue weighted by Gasteiger charge is -2.40. The maximum atomic E-state index is 6.00. The normalized spacial score (nSPS) is 46.8. The zero-order chi connectivity index (χ0) is 87.2. The first kappa shape index (κ1) is 96.6. The van der Waals surface area contributed by atoms with Crippen LogP contribution in [0.2, 0.25) is 44.8 Å². The lowest BCUT2D eigenvalue weighted by atomic mass is 9.74. The Morgan fingerprint density at radius 1 is 0.312 bits per heavy atom. The average molecular weight is 1930 g/mol. The van der Waals surface area contributed by atoms with E-state index in [1.807, 2.05) is 0 Å². The molecule has 19 aliphatic heterocycles. The van der Waals surface area contributed by atoms with Crippen molar-refractivity contribution in [3.8, 4) is 5.75 Å². The number of ether oxygens (including phenoxy) is 26. The third-order valence-electron chi connectivity index (χ3n) is 33.4. The van der Waals surface area contributed by atoms with Crippen LogP contribution in [0.1, 0.15) is 108 Å². The van der Waals surface area contributed by atoms with Crippen molar-refractivity contribution < 1.29 is 123 Å². The molecule has 1 aromatic rings. The predicted octanol–water partition coefficient (Wildman–Crippen LogP) is 0.246. The summed E-state index contributed by atoms with van der Waals surface area (Å²) in [6, 6.07) is 9.74. The van der Waals surface area contributed by atoms with Crippen LogP contribution in [0.3, 0.4) is 0 Å². The van der Waals surface area contributed by atoms with Crippen molar-refractivity contribution in [2.45, 2.75) is 282 Å². The van der Waals surface area contributed by atoms with E-state index in [4.69, 9.17) is 123 Å². The maximum absolute atomic E-state index is 6.00.